The number of aryl methyl sites for hydroxylation is 3. The molecule has 3 heterocycles. The van der Waals surface area contributed by atoms with Crippen molar-refractivity contribution in [2.75, 3.05) is 0 Å². The van der Waals surface area contributed by atoms with Crippen LogP contribution in [0.4, 0.5) is 0 Å². The lowest BCUT2D eigenvalue weighted by Gasteiger charge is -2.12. The van der Waals surface area contributed by atoms with Crippen LogP contribution in [-0.4, -0.2) is 35.7 Å². The summed E-state index contributed by atoms with van der Waals surface area (Å²) in [5.41, 5.74) is 4.22. The predicted octanol–water partition coefficient (Wildman–Crippen LogP) is 2.95. The molecule has 0 bridgehead atoms. The lowest BCUT2D eigenvalue weighted by molar-refractivity contribution is -0.148. The molecule has 148 valence electrons. The summed E-state index contributed by atoms with van der Waals surface area (Å²) in [5.74, 6) is 0.711. The zero-order chi connectivity index (χ0) is 20.5. The fourth-order valence-corrected chi connectivity index (χ4v) is 3.06. The number of nitrogens with zero attached hydrogens (tertiary/aromatic N) is 6. The van der Waals surface area contributed by atoms with Crippen molar-refractivity contribution >= 4 is 11.7 Å². The van der Waals surface area contributed by atoms with Gasteiger partial charge in [-0.1, -0.05) is 17.7 Å². The zero-order valence-corrected chi connectivity index (χ0v) is 16.6. The van der Waals surface area contributed by atoms with Crippen molar-refractivity contribution in [2.45, 2.75) is 40.2 Å². The van der Waals surface area contributed by atoms with E-state index in [0.717, 1.165) is 22.4 Å². The Morgan fingerprint density at radius 2 is 1.93 bits per heavy atom. The number of esters is 1. The first kappa shape index (κ1) is 18.7. The quantitative estimate of drug-likeness (QED) is 0.477. The van der Waals surface area contributed by atoms with Crippen LogP contribution in [0.1, 0.15) is 41.4 Å². The molecule has 0 spiro atoms. The molecule has 0 saturated heterocycles. The Kier molecular flexibility index (Phi) is 4.79. The number of carbonyl (C=O) groups excluding carboxylic acids is 1. The van der Waals surface area contributed by atoms with Crippen LogP contribution in [0.5, 0.6) is 0 Å². The van der Waals surface area contributed by atoms with Gasteiger partial charge in [0.25, 0.3) is 11.7 Å². The SMILES string of the molecule is Cc1ccc(-c2nnc([C@H](C)OC(=O)Cc3c(C)nc4ncnn4c3C)o2)cc1. The van der Waals surface area contributed by atoms with Crippen LogP contribution in [0.15, 0.2) is 35.0 Å². The van der Waals surface area contributed by atoms with Gasteiger partial charge in [-0.2, -0.15) is 10.1 Å². The molecular weight excluding hydrogens is 372 g/mol. The topological polar surface area (TPSA) is 108 Å². The smallest absolute Gasteiger partial charge is 0.311 e. The fourth-order valence-electron chi connectivity index (χ4n) is 3.06. The minimum atomic E-state index is -0.669. The molecule has 29 heavy (non-hydrogen) atoms. The van der Waals surface area contributed by atoms with Crippen molar-refractivity contribution in [1.82, 2.24) is 29.8 Å². The van der Waals surface area contributed by atoms with Crippen LogP contribution in [0.25, 0.3) is 17.2 Å². The number of hydrogen-bond acceptors (Lipinski definition) is 8. The van der Waals surface area contributed by atoms with E-state index in [1.54, 1.807) is 11.4 Å². The standard InChI is InChI=1S/C20H20N6O3/c1-11-5-7-15(8-6-11)19-25-24-18(29-19)14(4)28-17(27)9-16-12(2)23-20-21-10-22-26(20)13(16)3/h5-8,10,14H,9H2,1-4H3/t14-/m0/s1. The molecule has 0 aliphatic carbocycles. The van der Waals surface area contributed by atoms with Gasteiger partial charge in [-0.15, -0.1) is 10.2 Å². The summed E-state index contributed by atoms with van der Waals surface area (Å²) in [6.45, 7) is 7.40. The van der Waals surface area contributed by atoms with E-state index in [9.17, 15) is 4.79 Å². The van der Waals surface area contributed by atoms with Crippen LogP contribution >= 0.6 is 0 Å². The Balaban J connectivity index is 1.47. The molecule has 0 amide bonds. The second-order valence-electron chi connectivity index (χ2n) is 6.85. The van der Waals surface area contributed by atoms with Gasteiger partial charge in [-0.05, 0) is 39.8 Å². The zero-order valence-electron chi connectivity index (χ0n) is 16.6. The highest BCUT2D eigenvalue weighted by atomic mass is 16.6. The van der Waals surface area contributed by atoms with Gasteiger partial charge in [0.2, 0.25) is 5.89 Å². The van der Waals surface area contributed by atoms with Crippen LogP contribution < -0.4 is 0 Å². The highest BCUT2D eigenvalue weighted by molar-refractivity contribution is 5.73. The van der Waals surface area contributed by atoms with Crippen molar-refractivity contribution in [3.05, 3.63) is 59.0 Å². The molecule has 0 N–H and O–H groups in total. The lowest BCUT2D eigenvalue weighted by atomic mass is 10.1. The molecular formula is C20H20N6O3. The molecule has 4 rings (SSSR count). The number of ether oxygens (including phenoxy) is 1. The van der Waals surface area contributed by atoms with E-state index in [0.29, 0.717) is 17.4 Å². The molecule has 0 aliphatic rings. The van der Waals surface area contributed by atoms with Crippen molar-refractivity contribution in [2.24, 2.45) is 0 Å². The summed E-state index contributed by atoms with van der Waals surface area (Å²) in [7, 11) is 0. The summed E-state index contributed by atoms with van der Waals surface area (Å²) in [4.78, 5) is 21.0. The summed E-state index contributed by atoms with van der Waals surface area (Å²) >= 11 is 0. The van der Waals surface area contributed by atoms with Gasteiger partial charge < -0.3 is 9.15 Å². The maximum atomic E-state index is 12.5. The molecule has 0 radical (unpaired) electrons. The number of aromatic nitrogens is 6. The number of hydrogen-bond donors (Lipinski definition) is 0. The minimum Gasteiger partial charge on any atom is -0.452 e. The lowest BCUT2D eigenvalue weighted by Crippen LogP contribution is -2.15. The van der Waals surface area contributed by atoms with E-state index in [-0.39, 0.29) is 12.3 Å². The normalized spacial score (nSPS) is 12.3. The van der Waals surface area contributed by atoms with Crippen LogP contribution in [0.3, 0.4) is 0 Å². The monoisotopic (exact) mass is 392 g/mol. The summed E-state index contributed by atoms with van der Waals surface area (Å²) < 4.78 is 12.8. The average molecular weight is 392 g/mol. The number of rotatable bonds is 5. The molecule has 9 heteroatoms. The first-order chi connectivity index (χ1) is 13.9. The minimum absolute atomic E-state index is 0.0593. The third-order valence-corrected chi connectivity index (χ3v) is 4.70. The molecule has 0 saturated carbocycles. The molecule has 1 aromatic carbocycles. The highest BCUT2D eigenvalue weighted by Gasteiger charge is 2.21. The fraction of sp³-hybridized carbons (Fsp3) is 0.300. The Morgan fingerprint density at radius 3 is 2.69 bits per heavy atom. The Morgan fingerprint density at radius 1 is 1.17 bits per heavy atom. The summed E-state index contributed by atoms with van der Waals surface area (Å²) in [5, 5.41) is 12.2. The molecule has 4 aromatic rings. The van der Waals surface area contributed by atoms with Crippen LogP contribution in [-0.2, 0) is 16.0 Å². The molecule has 9 nitrogen and oxygen atoms in total. The molecule has 0 fully saturated rings. The second-order valence-corrected chi connectivity index (χ2v) is 6.85. The predicted molar refractivity (Wildman–Crippen MR) is 103 cm³/mol. The number of carbonyl (C=O) groups is 1. The van der Waals surface area contributed by atoms with Gasteiger partial charge in [0.05, 0.1) is 6.42 Å². The van der Waals surface area contributed by atoms with E-state index in [1.807, 2.05) is 45.0 Å². The molecule has 1 atom stereocenters. The molecule has 0 aliphatic heterocycles. The van der Waals surface area contributed by atoms with Gasteiger partial charge in [0.1, 0.15) is 6.33 Å². The number of fused-ring (bicyclic) bond motifs is 1. The van der Waals surface area contributed by atoms with Crippen molar-refractivity contribution in [1.29, 1.82) is 0 Å². The van der Waals surface area contributed by atoms with Crippen molar-refractivity contribution < 1.29 is 13.9 Å². The third-order valence-electron chi connectivity index (χ3n) is 4.70. The maximum absolute atomic E-state index is 12.5. The summed E-state index contributed by atoms with van der Waals surface area (Å²) in [6.07, 6.45) is 0.821. The summed E-state index contributed by atoms with van der Waals surface area (Å²) in [6, 6.07) is 7.74. The van der Waals surface area contributed by atoms with E-state index < -0.39 is 12.1 Å². The first-order valence-corrected chi connectivity index (χ1v) is 9.18. The van der Waals surface area contributed by atoms with Gasteiger partial charge in [0.15, 0.2) is 6.10 Å². The van der Waals surface area contributed by atoms with Crippen molar-refractivity contribution in [3.8, 4) is 11.5 Å². The molecule has 3 aromatic heterocycles. The van der Waals surface area contributed by atoms with E-state index in [4.69, 9.17) is 9.15 Å². The van der Waals surface area contributed by atoms with Gasteiger partial charge >= 0.3 is 5.97 Å². The molecule has 0 unspecified atom stereocenters. The Labute approximate surface area is 166 Å². The second kappa shape index (κ2) is 7.42. The Hall–Kier alpha value is -3.62. The Bertz CT molecular complexity index is 1180. The van der Waals surface area contributed by atoms with Gasteiger partial charge in [-0.25, -0.2) is 9.50 Å². The average Bonchev–Trinajstić information content (AvgIpc) is 3.35. The van der Waals surface area contributed by atoms with E-state index >= 15 is 0 Å². The van der Waals surface area contributed by atoms with Gasteiger partial charge in [-0.3, -0.25) is 4.79 Å². The van der Waals surface area contributed by atoms with Crippen molar-refractivity contribution in [3.63, 3.8) is 0 Å². The van der Waals surface area contributed by atoms with Crippen LogP contribution in [0.2, 0.25) is 0 Å². The van der Waals surface area contributed by atoms with E-state index in [1.165, 1.54) is 6.33 Å². The first-order valence-electron chi connectivity index (χ1n) is 9.18. The van der Waals surface area contributed by atoms with E-state index in [2.05, 4.69) is 25.3 Å². The third kappa shape index (κ3) is 3.71. The number of benzene rings is 1. The largest absolute Gasteiger partial charge is 0.452 e. The van der Waals surface area contributed by atoms with Gasteiger partial charge in [0, 0.05) is 22.5 Å². The maximum Gasteiger partial charge on any atom is 0.311 e. The highest BCUT2D eigenvalue weighted by Crippen LogP contribution is 2.23. The van der Waals surface area contributed by atoms with Crippen LogP contribution in [0, 0.1) is 20.8 Å².